The zero-order valence-corrected chi connectivity index (χ0v) is 12.7. The van der Waals surface area contributed by atoms with E-state index < -0.39 is 4.32 Å². The van der Waals surface area contributed by atoms with Gasteiger partial charge in [0.05, 0.1) is 10.9 Å². The molecule has 1 rings (SSSR count). The van der Waals surface area contributed by atoms with Crippen LogP contribution in [-0.2, 0) is 22.7 Å². The van der Waals surface area contributed by atoms with Crippen molar-refractivity contribution in [3.63, 3.8) is 0 Å². The molecule has 0 aliphatic rings. The van der Waals surface area contributed by atoms with Gasteiger partial charge in [0.15, 0.2) is 0 Å². The quantitative estimate of drug-likeness (QED) is 0.820. The van der Waals surface area contributed by atoms with Crippen molar-refractivity contribution in [2.45, 2.75) is 38.2 Å². The normalized spacial score (nSPS) is 11.3. The summed E-state index contributed by atoms with van der Waals surface area (Å²) in [6.07, 6.45) is 0. The van der Waals surface area contributed by atoms with E-state index in [9.17, 15) is 4.79 Å². The third-order valence-electron chi connectivity index (χ3n) is 2.56. The Balaban J connectivity index is 2.64. The maximum Gasteiger partial charge on any atom is 0.236 e. The third kappa shape index (κ3) is 4.78. The van der Waals surface area contributed by atoms with Gasteiger partial charge in [-0.15, -0.1) is 0 Å². The summed E-state index contributed by atoms with van der Waals surface area (Å²) in [5, 5.41) is 2.91. The molecule has 4 heteroatoms. The lowest BCUT2D eigenvalue weighted by Gasteiger charge is -2.17. The van der Waals surface area contributed by atoms with Crippen molar-refractivity contribution in [2.24, 2.45) is 0 Å². The number of alkyl halides is 1. The van der Waals surface area contributed by atoms with E-state index in [1.165, 1.54) is 0 Å². The van der Waals surface area contributed by atoms with Gasteiger partial charge in [-0.1, -0.05) is 40.2 Å². The molecular formula is C14H20BrNO2. The van der Waals surface area contributed by atoms with Gasteiger partial charge in [0.1, 0.15) is 0 Å². The largest absolute Gasteiger partial charge is 0.377 e. The summed E-state index contributed by atoms with van der Waals surface area (Å²) in [4.78, 5) is 11.8. The molecule has 0 atom stereocenters. The number of halogens is 1. The van der Waals surface area contributed by atoms with Crippen molar-refractivity contribution in [2.75, 3.05) is 6.61 Å². The van der Waals surface area contributed by atoms with E-state index in [2.05, 4.69) is 21.2 Å². The summed E-state index contributed by atoms with van der Waals surface area (Å²) in [7, 11) is 0. The molecule has 1 amide bonds. The van der Waals surface area contributed by atoms with E-state index in [0.717, 1.165) is 11.1 Å². The molecular weight excluding hydrogens is 294 g/mol. The van der Waals surface area contributed by atoms with Gasteiger partial charge in [-0.05, 0) is 31.9 Å². The van der Waals surface area contributed by atoms with Crippen molar-refractivity contribution in [1.29, 1.82) is 0 Å². The average molecular weight is 314 g/mol. The second kappa shape index (κ2) is 6.90. The fourth-order valence-corrected chi connectivity index (χ4v) is 1.61. The minimum absolute atomic E-state index is 0.0197. The number of hydrogen-bond donors (Lipinski definition) is 1. The second-order valence-corrected chi connectivity index (χ2v) is 6.54. The zero-order chi connectivity index (χ0) is 13.6. The molecule has 1 N–H and O–H groups in total. The number of nitrogens with one attached hydrogen (secondary N) is 1. The third-order valence-corrected chi connectivity index (χ3v) is 2.92. The molecule has 100 valence electrons. The molecule has 1 aromatic carbocycles. The molecule has 0 bridgehead atoms. The summed E-state index contributed by atoms with van der Waals surface area (Å²) in [5.41, 5.74) is 2.21. The van der Waals surface area contributed by atoms with Gasteiger partial charge in [-0.25, -0.2) is 0 Å². The fraction of sp³-hybridized carbons (Fsp3) is 0.500. The van der Waals surface area contributed by atoms with Gasteiger partial charge in [0.25, 0.3) is 0 Å². The highest BCUT2D eigenvalue weighted by Crippen LogP contribution is 2.16. The van der Waals surface area contributed by atoms with Gasteiger partial charge in [0, 0.05) is 13.2 Å². The summed E-state index contributed by atoms with van der Waals surface area (Å²) >= 11 is 3.34. The number of ether oxygens (including phenoxy) is 1. The molecule has 0 aliphatic heterocycles. The van der Waals surface area contributed by atoms with Crippen LogP contribution in [0.1, 0.15) is 31.9 Å². The Morgan fingerprint density at radius 1 is 1.33 bits per heavy atom. The number of amides is 1. The first-order valence-electron chi connectivity index (χ1n) is 6.07. The fourth-order valence-electron chi connectivity index (χ4n) is 1.47. The van der Waals surface area contributed by atoms with Crippen LogP contribution in [0.2, 0.25) is 0 Å². The Labute approximate surface area is 117 Å². The molecule has 18 heavy (non-hydrogen) atoms. The highest BCUT2D eigenvalue weighted by atomic mass is 79.9. The lowest BCUT2D eigenvalue weighted by molar-refractivity contribution is -0.122. The Morgan fingerprint density at radius 3 is 2.50 bits per heavy atom. The Morgan fingerprint density at radius 2 is 1.94 bits per heavy atom. The molecule has 1 aromatic rings. The molecule has 0 aliphatic carbocycles. The molecule has 0 heterocycles. The highest BCUT2D eigenvalue weighted by Gasteiger charge is 2.23. The number of rotatable bonds is 6. The number of carbonyl (C=O) groups excluding carboxylic acids is 1. The molecule has 0 saturated carbocycles. The van der Waals surface area contributed by atoms with Crippen molar-refractivity contribution in [1.82, 2.24) is 5.32 Å². The standard InChI is InChI=1S/C14H20BrNO2/c1-4-18-10-12-8-6-5-7-11(12)9-16-13(17)14(2,3)15/h5-8H,4,9-10H2,1-3H3,(H,16,17). The van der Waals surface area contributed by atoms with Gasteiger partial charge >= 0.3 is 0 Å². The molecule has 0 aromatic heterocycles. The van der Waals surface area contributed by atoms with E-state index in [-0.39, 0.29) is 5.91 Å². The minimum atomic E-state index is -0.540. The smallest absolute Gasteiger partial charge is 0.236 e. The van der Waals surface area contributed by atoms with Crippen molar-refractivity contribution in [3.05, 3.63) is 35.4 Å². The van der Waals surface area contributed by atoms with Crippen LogP contribution in [-0.4, -0.2) is 16.8 Å². The van der Waals surface area contributed by atoms with E-state index in [1.807, 2.05) is 45.0 Å². The SMILES string of the molecule is CCOCc1ccccc1CNC(=O)C(C)(C)Br. The maximum atomic E-state index is 11.8. The predicted octanol–water partition coefficient (Wildman–Crippen LogP) is 3.01. The summed E-state index contributed by atoms with van der Waals surface area (Å²) in [5.74, 6) is -0.0197. The van der Waals surface area contributed by atoms with Gasteiger partial charge in [0.2, 0.25) is 5.91 Å². The number of carbonyl (C=O) groups is 1. The van der Waals surface area contributed by atoms with Crippen molar-refractivity contribution < 1.29 is 9.53 Å². The van der Waals surface area contributed by atoms with Crippen LogP contribution in [0.5, 0.6) is 0 Å². The van der Waals surface area contributed by atoms with Crippen LogP contribution in [0.4, 0.5) is 0 Å². The van der Waals surface area contributed by atoms with Crippen molar-refractivity contribution in [3.8, 4) is 0 Å². The molecule has 0 fully saturated rings. The summed E-state index contributed by atoms with van der Waals surface area (Å²) in [6, 6.07) is 7.98. The first-order chi connectivity index (χ1) is 8.45. The van der Waals surface area contributed by atoms with Gasteiger partial charge in [-0.3, -0.25) is 4.79 Å². The van der Waals surface area contributed by atoms with E-state index in [4.69, 9.17) is 4.74 Å². The Hall–Kier alpha value is -0.870. The molecule has 0 saturated heterocycles. The molecule has 0 spiro atoms. The van der Waals surface area contributed by atoms with Crippen LogP contribution >= 0.6 is 15.9 Å². The number of hydrogen-bond acceptors (Lipinski definition) is 2. The van der Waals surface area contributed by atoms with Crippen LogP contribution in [0.25, 0.3) is 0 Å². The monoisotopic (exact) mass is 313 g/mol. The van der Waals surface area contributed by atoms with E-state index >= 15 is 0 Å². The summed E-state index contributed by atoms with van der Waals surface area (Å²) < 4.78 is 4.87. The van der Waals surface area contributed by atoms with E-state index in [0.29, 0.717) is 19.8 Å². The average Bonchev–Trinajstić information content (AvgIpc) is 2.33. The lowest BCUT2D eigenvalue weighted by Crippen LogP contribution is -2.37. The first kappa shape index (κ1) is 15.2. The predicted molar refractivity (Wildman–Crippen MR) is 76.6 cm³/mol. The topological polar surface area (TPSA) is 38.3 Å². The Kier molecular flexibility index (Phi) is 5.82. The van der Waals surface area contributed by atoms with Crippen LogP contribution in [0.15, 0.2) is 24.3 Å². The van der Waals surface area contributed by atoms with Crippen LogP contribution in [0, 0.1) is 0 Å². The Bertz CT molecular complexity index is 399. The molecule has 3 nitrogen and oxygen atoms in total. The first-order valence-corrected chi connectivity index (χ1v) is 6.86. The number of benzene rings is 1. The van der Waals surface area contributed by atoms with Crippen molar-refractivity contribution >= 4 is 21.8 Å². The molecule has 0 unspecified atom stereocenters. The van der Waals surface area contributed by atoms with Crippen LogP contribution < -0.4 is 5.32 Å². The minimum Gasteiger partial charge on any atom is -0.377 e. The van der Waals surface area contributed by atoms with Gasteiger partial charge < -0.3 is 10.1 Å². The highest BCUT2D eigenvalue weighted by molar-refractivity contribution is 9.10. The van der Waals surface area contributed by atoms with E-state index in [1.54, 1.807) is 0 Å². The molecule has 0 radical (unpaired) electrons. The maximum absolute atomic E-state index is 11.8. The second-order valence-electron chi connectivity index (χ2n) is 4.56. The summed E-state index contributed by atoms with van der Waals surface area (Å²) in [6.45, 7) is 7.42. The zero-order valence-electron chi connectivity index (χ0n) is 11.1. The van der Waals surface area contributed by atoms with Gasteiger partial charge in [-0.2, -0.15) is 0 Å². The lowest BCUT2D eigenvalue weighted by atomic mass is 10.1. The van der Waals surface area contributed by atoms with Crippen LogP contribution in [0.3, 0.4) is 0 Å².